The van der Waals surface area contributed by atoms with Crippen LogP contribution in [0.1, 0.15) is 12.3 Å². The SMILES string of the molecule is O=C(CCn1cnc2ccccc2c1=O)N1CCN(Cc2nc(-c3cccs3)no2)CC1. The second-order valence-corrected chi connectivity index (χ2v) is 8.60. The van der Waals surface area contributed by atoms with E-state index in [-0.39, 0.29) is 17.9 Å². The van der Waals surface area contributed by atoms with E-state index in [4.69, 9.17) is 4.52 Å². The normalized spacial score (nSPS) is 14.8. The molecule has 0 radical (unpaired) electrons. The summed E-state index contributed by atoms with van der Waals surface area (Å²) in [5.41, 5.74) is 0.551. The van der Waals surface area contributed by atoms with Crippen LogP contribution in [-0.2, 0) is 17.9 Å². The molecule has 1 fully saturated rings. The Hall–Kier alpha value is -3.37. The Labute approximate surface area is 187 Å². The molecule has 9 nitrogen and oxygen atoms in total. The number of fused-ring (bicyclic) bond motifs is 1. The number of aryl methyl sites for hydroxylation is 1. The van der Waals surface area contributed by atoms with Crippen molar-refractivity contribution in [1.29, 1.82) is 0 Å². The lowest BCUT2D eigenvalue weighted by molar-refractivity contribution is -0.133. The Morgan fingerprint density at radius 1 is 1.09 bits per heavy atom. The predicted molar refractivity (Wildman–Crippen MR) is 120 cm³/mol. The van der Waals surface area contributed by atoms with Crippen LogP contribution >= 0.6 is 11.3 Å². The summed E-state index contributed by atoms with van der Waals surface area (Å²) >= 11 is 1.58. The van der Waals surface area contributed by atoms with Crippen molar-refractivity contribution in [2.45, 2.75) is 19.5 Å². The van der Waals surface area contributed by atoms with Gasteiger partial charge >= 0.3 is 0 Å². The maximum Gasteiger partial charge on any atom is 0.261 e. The van der Waals surface area contributed by atoms with E-state index in [0.29, 0.717) is 48.8 Å². The highest BCUT2D eigenvalue weighted by Gasteiger charge is 2.23. The van der Waals surface area contributed by atoms with Gasteiger partial charge in [-0.3, -0.25) is 19.1 Å². The van der Waals surface area contributed by atoms with E-state index in [1.54, 1.807) is 17.4 Å². The van der Waals surface area contributed by atoms with Crippen molar-refractivity contribution in [3.63, 3.8) is 0 Å². The van der Waals surface area contributed by atoms with Crippen molar-refractivity contribution in [3.05, 3.63) is 64.4 Å². The van der Waals surface area contributed by atoms with Crippen molar-refractivity contribution >= 4 is 28.1 Å². The second-order valence-electron chi connectivity index (χ2n) is 7.66. The van der Waals surface area contributed by atoms with E-state index in [2.05, 4.69) is 20.0 Å². The number of piperazine rings is 1. The Bertz CT molecular complexity index is 1270. The molecule has 0 spiro atoms. The predicted octanol–water partition coefficient (Wildman–Crippen LogP) is 2.24. The largest absolute Gasteiger partial charge is 0.340 e. The van der Waals surface area contributed by atoms with Crippen molar-refractivity contribution in [1.82, 2.24) is 29.5 Å². The first-order valence-electron chi connectivity index (χ1n) is 10.5. The van der Waals surface area contributed by atoms with E-state index in [1.807, 2.05) is 40.6 Å². The number of carbonyl (C=O) groups is 1. The van der Waals surface area contributed by atoms with Crippen LogP contribution in [0.3, 0.4) is 0 Å². The molecule has 4 aromatic rings. The molecular weight excluding hydrogens is 428 g/mol. The number of nitrogens with zero attached hydrogens (tertiary/aromatic N) is 6. The zero-order valence-electron chi connectivity index (χ0n) is 17.4. The van der Waals surface area contributed by atoms with Gasteiger partial charge in [-0.15, -0.1) is 11.3 Å². The number of hydrogen-bond acceptors (Lipinski definition) is 8. The summed E-state index contributed by atoms with van der Waals surface area (Å²) in [6, 6.07) is 11.2. The summed E-state index contributed by atoms with van der Waals surface area (Å²) in [7, 11) is 0. The third-order valence-corrected chi connectivity index (χ3v) is 6.46. The quantitative estimate of drug-likeness (QED) is 0.444. The highest BCUT2D eigenvalue weighted by atomic mass is 32.1. The maximum absolute atomic E-state index is 12.7. The van der Waals surface area contributed by atoms with Gasteiger partial charge in [0.1, 0.15) is 0 Å². The molecule has 164 valence electrons. The molecule has 5 rings (SSSR count). The Morgan fingerprint density at radius 2 is 1.94 bits per heavy atom. The standard InChI is InChI=1S/C22H22N6O3S/c29-20(7-8-28-15-23-17-5-2-1-4-16(17)22(28)30)27-11-9-26(10-12-27)14-19-24-21(25-31-19)18-6-3-13-32-18/h1-6,13,15H,7-12,14H2. The van der Waals surface area contributed by atoms with E-state index < -0.39 is 0 Å². The van der Waals surface area contributed by atoms with Crippen LogP contribution in [0.25, 0.3) is 21.6 Å². The van der Waals surface area contributed by atoms with E-state index >= 15 is 0 Å². The van der Waals surface area contributed by atoms with Gasteiger partial charge in [0.15, 0.2) is 0 Å². The third kappa shape index (κ3) is 4.32. The van der Waals surface area contributed by atoms with Crippen LogP contribution in [0.15, 0.2) is 57.4 Å². The first kappa shape index (κ1) is 20.5. The van der Waals surface area contributed by atoms with Crippen molar-refractivity contribution in [2.24, 2.45) is 0 Å². The van der Waals surface area contributed by atoms with Crippen molar-refractivity contribution in [3.8, 4) is 10.7 Å². The number of carbonyl (C=O) groups excluding carboxylic acids is 1. The number of para-hydroxylation sites is 1. The van der Waals surface area contributed by atoms with Gasteiger partial charge in [0.25, 0.3) is 5.56 Å². The first-order valence-corrected chi connectivity index (χ1v) is 11.4. The molecule has 1 amide bonds. The number of thiophene rings is 1. The summed E-state index contributed by atoms with van der Waals surface area (Å²) in [4.78, 5) is 39.1. The zero-order chi connectivity index (χ0) is 21.9. The van der Waals surface area contributed by atoms with Gasteiger partial charge in [0.2, 0.25) is 17.6 Å². The summed E-state index contributed by atoms with van der Waals surface area (Å²) < 4.78 is 6.89. The molecule has 32 heavy (non-hydrogen) atoms. The minimum Gasteiger partial charge on any atom is -0.340 e. The van der Waals surface area contributed by atoms with Crippen LogP contribution in [0.2, 0.25) is 0 Å². The highest BCUT2D eigenvalue weighted by molar-refractivity contribution is 7.13. The van der Waals surface area contributed by atoms with E-state index in [1.165, 1.54) is 10.9 Å². The fraction of sp³-hybridized carbons (Fsp3) is 0.318. The smallest absolute Gasteiger partial charge is 0.261 e. The lowest BCUT2D eigenvalue weighted by Crippen LogP contribution is -2.48. The summed E-state index contributed by atoms with van der Waals surface area (Å²) in [6.45, 7) is 3.63. The minimum absolute atomic E-state index is 0.0440. The molecule has 0 unspecified atom stereocenters. The summed E-state index contributed by atoms with van der Waals surface area (Å²) in [6.07, 6.45) is 1.79. The van der Waals surface area contributed by atoms with E-state index in [0.717, 1.165) is 18.0 Å². The number of rotatable bonds is 6. The topological polar surface area (TPSA) is 97.4 Å². The maximum atomic E-state index is 12.7. The van der Waals surface area contributed by atoms with Gasteiger partial charge in [-0.2, -0.15) is 4.98 Å². The third-order valence-electron chi connectivity index (χ3n) is 5.59. The van der Waals surface area contributed by atoms with Gasteiger partial charge in [-0.25, -0.2) is 4.98 Å². The highest BCUT2D eigenvalue weighted by Crippen LogP contribution is 2.21. The molecule has 0 saturated carbocycles. The molecule has 1 aromatic carbocycles. The number of benzene rings is 1. The Morgan fingerprint density at radius 3 is 2.75 bits per heavy atom. The zero-order valence-corrected chi connectivity index (χ0v) is 18.2. The van der Waals surface area contributed by atoms with Gasteiger partial charge in [-0.05, 0) is 23.6 Å². The lowest BCUT2D eigenvalue weighted by atomic mass is 10.2. The van der Waals surface area contributed by atoms with Crippen LogP contribution in [-0.4, -0.2) is 61.6 Å². The van der Waals surface area contributed by atoms with Crippen LogP contribution < -0.4 is 5.56 Å². The average molecular weight is 451 g/mol. The summed E-state index contributed by atoms with van der Waals surface area (Å²) in [5.74, 6) is 1.24. The minimum atomic E-state index is -0.116. The van der Waals surface area contributed by atoms with Crippen LogP contribution in [0.4, 0.5) is 0 Å². The monoisotopic (exact) mass is 450 g/mol. The molecular formula is C22H22N6O3S. The second kappa shape index (κ2) is 9.01. The van der Waals surface area contributed by atoms with Gasteiger partial charge < -0.3 is 9.42 Å². The molecule has 10 heteroatoms. The number of amides is 1. The van der Waals surface area contributed by atoms with E-state index in [9.17, 15) is 9.59 Å². The fourth-order valence-electron chi connectivity index (χ4n) is 3.81. The first-order chi connectivity index (χ1) is 15.7. The molecule has 0 aliphatic carbocycles. The lowest BCUT2D eigenvalue weighted by Gasteiger charge is -2.34. The number of aromatic nitrogens is 4. The summed E-state index contributed by atoms with van der Waals surface area (Å²) in [5, 5.41) is 6.60. The van der Waals surface area contributed by atoms with Crippen molar-refractivity contribution in [2.75, 3.05) is 26.2 Å². The van der Waals surface area contributed by atoms with Crippen LogP contribution in [0, 0.1) is 0 Å². The molecule has 0 bridgehead atoms. The fourth-order valence-corrected chi connectivity index (χ4v) is 4.46. The van der Waals surface area contributed by atoms with Gasteiger partial charge in [0.05, 0.1) is 28.7 Å². The molecule has 1 aliphatic rings. The van der Waals surface area contributed by atoms with Crippen LogP contribution in [0.5, 0.6) is 0 Å². The molecule has 0 N–H and O–H groups in total. The molecule has 4 heterocycles. The molecule has 0 atom stereocenters. The van der Waals surface area contributed by atoms with Crippen molar-refractivity contribution < 1.29 is 9.32 Å². The van der Waals surface area contributed by atoms with Gasteiger partial charge in [-0.1, -0.05) is 23.4 Å². The average Bonchev–Trinajstić information content (AvgIpc) is 3.51. The Kier molecular flexibility index (Phi) is 5.78. The van der Waals surface area contributed by atoms with Gasteiger partial charge in [0, 0.05) is 39.1 Å². The molecule has 3 aromatic heterocycles. The number of hydrogen-bond donors (Lipinski definition) is 0. The molecule has 1 aliphatic heterocycles. The molecule has 1 saturated heterocycles. The Balaban J connectivity index is 1.12.